The van der Waals surface area contributed by atoms with E-state index in [1.165, 1.54) is 17.5 Å². The van der Waals surface area contributed by atoms with Crippen LogP contribution in [0.3, 0.4) is 0 Å². The minimum atomic E-state index is -0.506. The van der Waals surface area contributed by atoms with Crippen LogP contribution < -0.4 is 21.1 Å². The van der Waals surface area contributed by atoms with E-state index in [9.17, 15) is 14.7 Å². The average Bonchev–Trinajstić information content (AvgIpc) is 3.39. The van der Waals surface area contributed by atoms with Gasteiger partial charge >= 0.3 is 6.03 Å². The van der Waals surface area contributed by atoms with Crippen LogP contribution in [0, 0.1) is 0 Å². The third-order valence-electron chi connectivity index (χ3n) is 6.68. The highest BCUT2D eigenvalue weighted by Gasteiger charge is 2.30. The normalized spacial score (nSPS) is 27.9. The van der Waals surface area contributed by atoms with Gasteiger partial charge in [0.05, 0.1) is 12.1 Å². The van der Waals surface area contributed by atoms with Gasteiger partial charge in [0.1, 0.15) is 5.82 Å². The second kappa shape index (κ2) is 9.15. The summed E-state index contributed by atoms with van der Waals surface area (Å²) in [5.74, 6) is 0.756. The Balaban J connectivity index is 1.43. The summed E-state index contributed by atoms with van der Waals surface area (Å²) in [4.78, 5) is 26.8. The maximum absolute atomic E-state index is 12.4. The van der Waals surface area contributed by atoms with E-state index in [-0.39, 0.29) is 23.7 Å². The Bertz CT molecular complexity index is 761. The Morgan fingerprint density at radius 1 is 1.07 bits per heavy atom. The SMILES string of the molecule is O=C(NCC1CCCCN1c1ccc(=O)n(C2CCCC2O)n1)NC1CCCC1. The van der Waals surface area contributed by atoms with Gasteiger partial charge in [0, 0.05) is 31.2 Å². The van der Waals surface area contributed by atoms with Crippen molar-refractivity contribution in [2.24, 2.45) is 0 Å². The van der Waals surface area contributed by atoms with Gasteiger partial charge in [0.15, 0.2) is 0 Å². The maximum Gasteiger partial charge on any atom is 0.315 e. The van der Waals surface area contributed by atoms with E-state index in [2.05, 4.69) is 20.6 Å². The van der Waals surface area contributed by atoms with Crippen molar-refractivity contribution < 1.29 is 9.90 Å². The highest BCUT2D eigenvalue weighted by molar-refractivity contribution is 5.74. The van der Waals surface area contributed by atoms with Crippen LogP contribution >= 0.6 is 0 Å². The molecule has 1 saturated heterocycles. The molecule has 2 aliphatic carbocycles. The highest BCUT2D eigenvalue weighted by Crippen LogP contribution is 2.29. The molecule has 0 spiro atoms. The number of aliphatic hydroxyl groups is 1. The molecule has 0 radical (unpaired) electrons. The number of piperidine rings is 1. The molecular weight excluding hydrogens is 370 g/mol. The number of hydrogen-bond acceptors (Lipinski definition) is 5. The Labute approximate surface area is 171 Å². The Hall–Kier alpha value is -2.09. The third kappa shape index (κ3) is 4.74. The molecule has 4 rings (SSSR count). The van der Waals surface area contributed by atoms with Gasteiger partial charge in [-0.2, -0.15) is 5.10 Å². The largest absolute Gasteiger partial charge is 0.391 e. The molecule has 1 aliphatic heterocycles. The van der Waals surface area contributed by atoms with Crippen molar-refractivity contribution >= 4 is 11.8 Å². The fraction of sp³-hybridized carbons (Fsp3) is 0.762. The zero-order chi connectivity index (χ0) is 20.2. The van der Waals surface area contributed by atoms with E-state index in [1.54, 1.807) is 12.1 Å². The van der Waals surface area contributed by atoms with Crippen LogP contribution in [0.5, 0.6) is 0 Å². The number of anilines is 1. The van der Waals surface area contributed by atoms with Gasteiger partial charge in [0.2, 0.25) is 0 Å². The summed E-state index contributed by atoms with van der Waals surface area (Å²) in [5.41, 5.74) is -0.165. The van der Waals surface area contributed by atoms with Crippen molar-refractivity contribution in [1.29, 1.82) is 0 Å². The number of amides is 2. The number of aromatic nitrogens is 2. The molecule has 3 aliphatic rings. The first kappa shape index (κ1) is 20.2. The topological polar surface area (TPSA) is 99.5 Å². The van der Waals surface area contributed by atoms with Gasteiger partial charge in [-0.05, 0) is 57.4 Å². The quantitative estimate of drug-likeness (QED) is 0.698. The zero-order valence-corrected chi connectivity index (χ0v) is 17.1. The van der Waals surface area contributed by atoms with E-state index < -0.39 is 6.10 Å². The molecule has 0 aromatic carbocycles. The van der Waals surface area contributed by atoms with Crippen molar-refractivity contribution in [1.82, 2.24) is 20.4 Å². The van der Waals surface area contributed by atoms with E-state index >= 15 is 0 Å². The molecule has 3 fully saturated rings. The molecule has 2 heterocycles. The lowest BCUT2D eigenvalue weighted by molar-refractivity contribution is 0.127. The Kier molecular flexibility index (Phi) is 6.37. The van der Waals surface area contributed by atoms with Crippen LogP contribution in [0.2, 0.25) is 0 Å². The Morgan fingerprint density at radius 2 is 1.86 bits per heavy atom. The molecule has 0 bridgehead atoms. The summed E-state index contributed by atoms with van der Waals surface area (Å²) >= 11 is 0. The number of nitrogens with one attached hydrogen (secondary N) is 2. The summed E-state index contributed by atoms with van der Waals surface area (Å²) in [7, 11) is 0. The second-order valence-corrected chi connectivity index (χ2v) is 8.72. The number of hydrogen-bond donors (Lipinski definition) is 3. The van der Waals surface area contributed by atoms with Crippen molar-refractivity contribution in [3.8, 4) is 0 Å². The molecule has 29 heavy (non-hydrogen) atoms. The van der Waals surface area contributed by atoms with Gasteiger partial charge in [0.25, 0.3) is 5.56 Å². The standard InChI is InChI=1S/C21H33N5O3/c27-18-10-5-9-17(18)26-20(28)12-11-19(24-26)25-13-4-3-8-16(25)14-22-21(29)23-15-6-1-2-7-15/h11-12,15-18,27H,1-10,13-14H2,(H2,22,23,29). The van der Waals surface area contributed by atoms with Gasteiger partial charge in [-0.15, -0.1) is 0 Å². The average molecular weight is 404 g/mol. The van der Waals surface area contributed by atoms with E-state index in [0.717, 1.165) is 63.7 Å². The van der Waals surface area contributed by atoms with E-state index in [4.69, 9.17) is 0 Å². The van der Waals surface area contributed by atoms with Crippen molar-refractivity contribution in [3.63, 3.8) is 0 Å². The second-order valence-electron chi connectivity index (χ2n) is 8.72. The highest BCUT2D eigenvalue weighted by atomic mass is 16.3. The fourth-order valence-electron chi connectivity index (χ4n) is 5.04. The number of aliphatic hydroxyl groups excluding tert-OH is 1. The lowest BCUT2D eigenvalue weighted by Crippen LogP contribution is -2.50. The number of nitrogens with zero attached hydrogens (tertiary/aromatic N) is 3. The number of carbonyl (C=O) groups is 1. The first-order valence-electron chi connectivity index (χ1n) is 11.2. The number of carbonyl (C=O) groups excluding carboxylic acids is 1. The molecule has 8 heteroatoms. The minimum Gasteiger partial charge on any atom is -0.391 e. The third-order valence-corrected chi connectivity index (χ3v) is 6.68. The molecule has 3 unspecified atom stereocenters. The van der Waals surface area contributed by atoms with Gasteiger partial charge in [-0.25, -0.2) is 9.48 Å². The lowest BCUT2D eigenvalue weighted by Gasteiger charge is -2.37. The van der Waals surface area contributed by atoms with E-state index in [1.807, 2.05) is 0 Å². The Morgan fingerprint density at radius 3 is 2.62 bits per heavy atom. The van der Waals surface area contributed by atoms with Crippen LogP contribution in [0.25, 0.3) is 0 Å². The van der Waals surface area contributed by atoms with Crippen LogP contribution in [-0.4, -0.2) is 52.2 Å². The smallest absolute Gasteiger partial charge is 0.315 e. The van der Waals surface area contributed by atoms with Crippen LogP contribution in [0.1, 0.15) is 70.3 Å². The molecule has 3 N–H and O–H groups in total. The zero-order valence-electron chi connectivity index (χ0n) is 17.1. The predicted octanol–water partition coefficient (Wildman–Crippen LogP) is 1.93. The lowest BCUT2D eigenvalue weighted by atomic mass is 10.0. The summed E-state index contributed by atoms with van der Waals surface area (Å²) in [6, 6.07) is 3.47. The summed E-state index contributed by atoms with van der Waals surface area (Å²) < 4.78 is 1.47. The molecular formula is C21H33N5O3. The first-order valence-corrected chi connectivity index (χ1v) is 11.2. The van der Waals surface area contributed by atoms with Crippen molar-refractivity contribution in [3.05, 3.63) is 22.5 Å². The van der Waals surface area contributed by atoms with Crippen LogP contribution in [-0.2, 0) is 0 Å². The number of urea groups is 1. The monoisotopic (exact) mass is 403 g/mol. The molecule has 1 aromatic rings. The molecule has 160 valence electrons. The molecule has 8 nitrogen and oxygen atoms in total. The van der Waals surface area contributed by atoms with E-state index in [0.29, 0.717) is 12.6 Å². The van der Waals surface area contributed by atoms with Gasteiger partial charge in [-0.1, -0.05) is 12.8 Å². The summed E-state index contributed by atoms with van der Waals surface area (Å²) in [5, 5.41) is 21.0. The number of rotatable bonds is 5. The van der Waals surface area contributed by atoms with Crippen LogP contribution in [0.15, 0.2) is 16.9 Å². The van der Waals surface area contributed by atoms with Crippen molar-refractivity contribution in [2.45, 2.75) is 88.4 Å². The van der Waals surface area contributed by atoms with Gasteiger partial charge in [-0.3, -0.25) is 4.79 Å². The predicted molar refractivity (Wildman–Crippen MR) is 111 cm³/mol. The van der Waals surface area contributed by atoms with Crippen molar-refractivity contribution in [2.75, 3.05) is 18.0 Å². The molecule has 3 atom stereocenters. The minimum absolute atomic E-state index is 0.0885. The van der Waals surface area contributed by atoms with Crippen LogP contribution in [0.4, 0.5) is 10.6 Å². The molecule has 1 aromatic heterocycles. The first-order chi connectivity index (χ1) is 14.1. The van der Waals surface area contributed by atoms with Gasteiger partial charge < -0.3 is 20.6 Å². The molecule has 2 saturated carbocycles. The summed E-state index contributed by atoms with van der Waals surface area (Å²) in [6.07, 6.45) is 9.60. The maximum atomic E-state index is 12.4. The fourth-order valence-corrected chi connectivity index (χ4v) is 5.04. The molecule has 2 amide bonds. The summed E-state index contributed by atoms with van der Waals surface area (Å²) in [6.45, 7) is 1.42.